The van der Waals surface area contributed by atoms with E-state index < -0.39 is 26.0 Å². The lowest BCUT2D eigenvalue weighted by Gasteiger charge is -2.24. The number of rotatable bonds is 7. The molecule has 25 heavy (non-hydrogen) atoms. The maximum Gasteiger partial charge on any atom is 0.310 e. The number of nitrogens with zero attached hydrogens (tertiary/aromatic N) is 1. The quantitative estimate of drug-likeness (QED) is 0.577. The van der Waals surface area contributed by atoms with Crippen LogP contribution in [-0.4, -0.2) is 31.2 Å². The molecule has 0 amide bonds. The second-order valence-electron chi connectivity index (χ2n) is 6.00. The molecule has 0 spiro atoms. The summed E-state index contributed by atoms with van der Waals surface area (Å²) in [4.78, 5) is 10.3. The van der Waals surface area contributed by atoms with Crippen molar-refractivity contribution in [3.63, 3.8) is 0 Å². The largest absolute Gasteiger partial charge is 0.385 e. The van der Waals surface area contributed by atoms with E-state index in [0.717, 1.165) is 11.8 Å². The average molecular weight is 364 g/mol. The average Bonchev–Trinajstić information content (AvgIpc) is 2.54. The SMILES string of the molecule is CC(O)(CCNc1cccc(S(C)(=O)=O)c1[N+](=O)[O-])c1ccccc1. The van der Waals surface area contributed by atoms with Crippen LogP contribution in [0.4, 0.5) is 11.4 Å². The van der Waals surface area contributed by atoms with Crippen molar-refractivity contribution in [1.82, 2.24) is 0 Å². The van der Waals surface area contributed by atoms with Crippen LogP contribution in [0.2, 0.25) is 0 Å². The molecular weight excluding hydrogens is 344 g/mol. The summed E-state index contributed by atoms with van der Waals surface area (Å²) < 4.78 is 23.5. The van der Waals surface area contributed by atoms with E-state index in [0.29, 0.717) is 0 Å². The first-order valence-electron chi connectivity index (χ1n) is 7.62. The third-order valence-corrected chi connectivity index (χ3v) is 5.03. The molecule has 0 aromatic heterocycles. The Morgan fingerprint density at radius 2 is 1.80 bits per heavy atom. The monoisotopic (exact) mass is 364 g/mol. The number of hydrogen-bond acceptors (Lipinski definition) is 6. The van der Waals surface area contributed by atoms with Crippen LogP contribution in [0.25, 0.3) is 0 Å². The lowest BCUT2D eigenvalue weighted by atomic mass is 9.92. The first kappa shape index (κ1) is 18.9. The van der Waals surface area contributed by atoms with Crippen molar-refractivity contribution in [1.29, 1.82) is 0 Å². The van der Waals surface area contributed by atoms with Crippen LogP contribution in [-0.2, 0) is 15.4 Å². The van der Waals surface area contributed by atoms with E-state index in [1.807, 2.05) is 18.2 Å². The zero-order chi connectivity index (χ0) is 18.7. The van der Waals surface area contributed by atoms with Gasteiger partial charge in [0.05, 0.1) is 10.5 Å². The van der Waals surface area contributed by atoms with Gasteiger partial charge in [-0.3, -0.25) is 10.1 Å². The van der Waals surface area contributed by atoms with Gasteiger partial charge in [0.15, 0.2) is 9.84 Å². The zero-order valence-electron chi connectivity index (χ0n) is 14.0. The molecular formula is C17H20N2O5S. The molecule has 134 valence electrons. The minimum Gasteiger partial charge on any atom is -0.385 e. The standard InChI is InChI=1S/C17H20N2O5S/c1-17(20,13-7-4-3-5-8-13)11-12-18-14-9-6-10-15(25(2,23)24)16(14)19(21)22/h3-10,18,20H,11-12H2,1-2H3. The predicted octanol–water partition coefficient (Wildman–Crippen LogP) is 2.71. The fourth-order valence-electron chi connectivity index (χ4n) is 2.53. The van der Waals surface area contributed by atoms with Gasteiger partial charge < -0.3 is 10.4 Å². The Kier molecular flexibility index (Phi) is 5.44. The summed E-state index contributed by atoms with van der Waals surface area (Å²) in [5, 5.41) is 24.7. The van der Waals surface area contributed by atoms with Crippen molar-refractivity contribution >= 4 is 21.2 Å². The first-order valence-corrected chi connectivity index (χ1v) is 9.51. The molecule has 1 unspecified atom stereocenters. The minimum atomic E-state index is -3.73. The summed E-state index contributed by atoms with van der Waals surface area (Å²) in [5.41, 5.74) is -0.755. The van der Waals surface area contributed by atoms with Crippen molar-refractivity contribution in [2.24, 2.45) is 0 Å². The lowest BCUT2D eigenvalue weighted by Crippen LogP contribution is -2.24. The summed E-state index contributed by atoms with van der Waals surface area (Å²) in [6.07, 6.45) is 1.22. The van der Waals surface area contributed by atoms with Crippen LogP contribution in [0, 0.1) is 10.1 Å². The van der Waals surface area contributed by atoms with E-state index in [1.54, 1.807) is 19.1 Å². The number of para-hydroxylation sites is 1. The second kappa shape index (κ2) is 7.20. The van der Waals surface area contributed by atoms with Crippen LogP contribution >= 0.6 is 0 Å². The Hall–Kier alpha value is -2.45. The maximum atomic E-state index is 11.8. The van der Waals surface area contributed by atoms with Gasteiger partial charge in [-0.05, 0) is 31.0 Å². The molecule has 8 heteroatoms. The molecule has 0 aliphatic carbocycles. The molecule has 7 nitrogen and oxygen atoms in total. The molecule has 0 saturated heterocycles. The molecule has 0 bridgehead atoms. The van der Waals surface area contributed by atoms with Crippen molar-refractivity contribution in [2.45, 2.75) is 23.8 Å². The molecule has 2 aromatic rings. The summed E-state index contributed by atoms with van der Waals surface area (Å²) in [5.74, 6) is 0. The Balaban J connectivity index is 2.20. The van der Waals surface area contributed by atoms with E-state index in [-0.39, 0.29) is 23.5 Å². The highest BCUT2D eigenvalue weighted by Gasteiger charge is 2.27. The number of anilines is 1. The van der Waals surface area contributed by atoms with Gasteiger partial charge in [0.25, 0.3) is 0 Å². The van der Waals surface area contributed by atoms with Crippen molar-refractivity contribution in [2.75, 3.05) is 18.1 Å². The molecule has 2 aromatic carbocycles. The van der Waals surface area contributed by atoms with Crippen LogP contribution in [0.5, 0.6) is 0 Å². The topological polar surface area (TPSA) is 110 Å². The van der Waals surface area contributed by atoms with Gasteiger partial charge in [0.2, 0.25) is 0 Å². The number of benzene rings is 2. The Labute approximate surface area is 146 Å². The molecule has 0 radical (unpaired) electrons. The molecule has 0 aliphatic heterocycles. The maximum absolute atomic E-state index is 11.8. The van der Waals surface area contributed by atoms with E-state index in [2.05, 4.69) is 5.32 Å². The van der Waals surface area contributed by atoms with Gasteiger partial charge in [-0.2, -0.15) is 0 Å². The third kappa shape index (κ3) is 4.55. The van der Waals surface area contributed by atoms with E-state index in [9.17, 15) is 23.6 Å². The smallest absolute Gasteiger partial charge is 0.310 e. The number of nitrogens with one attached hydrogen (secondary N) is 1. The number of nitro benzene ring substituents is 1. The Morgan fingerprint density at radius 1 is 1.16 bits per heavy atom. The molecule has 0 heterocycles. The van der Waals surface area contributed by atoms with Gasteiger partial charge in [0, 0.05) is 12.8 Å². The zero-order valence-corrected chi connectivity index (χ0v) is 14.8. The second-order valence-corrected chi connectivity index (χ2v) is 7.98. The number of sulfone groups is 1. The highest BCUT2D eigenvalue weighted by atomic mass is 32.2. The lowest BCUT2D eigenvalue weighted by molar-refractivity contribution is -0.386. The third-order valence-electron chi connectivity index (χ3n) is 3.90. The minimum absolute atomic E-state index is 0.108. The van der Waals surface area contributed by atoms with Crippen LogP contribution in [0.15, 0.2) is 53.4 Å². The number of aliphatic hydroxyl groups is 1. The van der Waals surface area contributed by atoms with E-state index in [4.69, 9.17) is 0 Å². The van der Waals surface area contributed by atoms with Gasteiger partial charge in [-0.25, -0.2) is 8.42 Å². The van der Waals surface area contributed by atoms with Crippen molar-refractivity contribution in [3.8, 4) is 0 Å². The van der Waals surface area contributed by atoms with Gasteiger partial charge in [0.1, 0.15) is 10.6 Å². The van der Waals surface area contributed by atoms with Gasteiger partial charge in [-0.15, -0.1) is 0 Å². The fraction of sp³-hybridized carbons (Fsp3) is 0.294. The van der Waals surface area contributed by atoms with Gasteiger partial charge >= 0.3 is 5.69 Å². The molecule has 1 atom stereocenters. The highest BCUT2D eigenvalue weighted by molar-refractivity contribution is 7.90. The van der Waals surface area contributed by atoms with Crippen molar-refractivity contribution < 1.29 is 18.4 Å². The number of nitro groups is 1. The summed E-state index contributed by atoms with van der Waals surface area (Å²) in [6.45, 7) is 1.89. The normalized spacial score (nSPS) is 13.9. The summed E-state index contributed by atoms with van der Waals surface area (Å²) in [7, 11) is -3.73. The van der Waals surface area contributed by atoms with Crippen LogP contribution in [0.3, 0.4) is 0 Å². The number of hydrogen-bond donors (Lipinski definition) is 2. The Morgan fingerprint density at radius 3 is 2.36 bits per heavy atom. The molecule has 2 N–H and O–H groups in total. The van der Waals surface area contributed by atoms with E-state index >= 15 is 0 Å². The van der Waals surface area contributed by atoms with Crippen molar-refractivity contribution in [3.05, 3.63) is 64.2 Å². The molecule has 2 rings (SSSR count). The molecule has 0 aliphatic rings. The first-order chi connectivity index (χ1) is 11.6. The fourth-order valence-corrected chi connectivity index (χ4v) is 3.40. The summed E-state index contributed by atoms with van der Waals surface area (Å²) in [6, 6.07) is 13.2. The molecule has 0 saturated carbocycles. The predicted molar refractivity (Wildman–Crippen MR) is 95.3 cm³/mol. The van der Waals surface area contributed by atoms with E-state index in [1.165, 1.54) is 18.2 Å². The van der Waals surface area contributed by atoms with Crippen LogP contribution < -0.4 is 5.32 Å². The molecule has 0 fully saturated rings. The van der Waals surface area contributed by atoms with Crippen LogP contribution in [0.1, 0.15) is 18.9 Å². The summed E-state index contributed by atoms with van der Waals surface area (Å²) >= 11 is 0. The Bertz CT molecular complexity index is 864. The van der Waals surface area contributed by atoms with Gasteiger partial charge in [-0.1, -0.05) is 36.4 Å². The highest BCUT2D eigenvalue weighted by Crippen LogP contribution is 2.32.